The molecule has 2 aromatic heterocycles. The Morgan fingerprint density at radius 1 is 1.07 bits per heavy atom. The van der Waals surface area contributed by atoms with Crippen LogP contribution >= 0.6 is 22.9 Å². The number of nitrogens with one attached hydrogen (secondary N) is 2. The van der Waals surface area contributed by atoms with Crippen LogP contribution in [0.3, 0.4) is 0 Å². The van der Waals surface area contributed by atoms with Gasteiger partial charge in [-0.25, -0.2) is 4.98 Å². The lowest BCUT2D eigenvalue weighted by Gasteiger charge is -2.29. The van der Waals surface area contributed by atoms with E-state index in [-0.39, 0.29) is 0 Å². The second kappa shape index (κ2) is 9.28. The van der Waals surface area contributed by atoms with Gasteiger partial charge < -0.3 is 15.5 Å². The molecule has 7 heteroatoms. The van der Waals surface area contributed by atoms with Gasteiger partial charge in [0.15, 0.2) is 0 Å². The second-order valence-electron chi connectivity index (χ2n) is 7.98. The second-order valence-corrected chi connectivity index (χ2v) is 9.78. The molecule has 0 saturated heterocycles. The quantitative estimate of drug-likeness (QED) is 0.542. The van der Waals surface area contributed by atoms with E-state index in [1.54, 1.807) is 11.3 Å². The van der Waals surface area contributed by atoms with Crippen LogP contribution in [-0.4, -0.2) is 36.6 Å². The highest BCUT2D eigenvalue weighted by Crippen LogP contribution is 2.28. The molecule has 29 heavy (non-hydrogen) atoms. The number of nitrogens with zero attached hydrogens (tertiary/aromatic N) is 3. The molecule has 0 amide bonds. The summed E-state index contributed by atoms with van der Waals surface area (Å²) in [6.45, 7) is 1.98. The number of hydrogen-bond acceptors (Lipinski definition) is 6. The fraction of sp³-hybridized carbons (Fsp3) is 0.455. The summed E-state index contributed by atoms with van der Waals surface area (Å²) in [4.78, 5) is 12.9. The molecule has 0 spiro atoms. The van der Waals surface area contributed by atoms with Crippen molar-refractivity contribution in [1.29, 1.82) is 0 Å². The number of benzene rings is 1. The molecule has 0 unspecified atom stereocenters. The van der Waals surface area contributed by atoms with Crippen LogP contribution in [0.4, 0.5) is 11.8 Å². The van der Waals surface area contributed by atoms with Gasteiger partial charge >= 0.3 is 0 Å². The van der Waals surface area contributed by atoms with Crippen molar-refractivity contribution in [3.8, 4) is 0 Å². The van der Waals surface area contributed by atoms with E-state index in [2.05, 4.69) is 33.7 Å². The Hall–Kier alpha value is -1.89. The average Bonchev–Trinajstić information content (AvgIpc) is 3.13. The third-order valence-electron chi connectivity index (χ3n) is 5.55. The van der Waals surface area contributed by atoms with Crippen LogP contribution < -0.4 is 15.5 Å². The maximum absolute atomic E-state index is 6.00. The number of rotatable bonds is 7. The van der Waals surface area contributed by atoms with Gasteiger partial charge in [0, 0.05) is 36.9 Å². The summed E-state index contributed by atoms with van der Waals surface area (Å²) in [6.07, 6.45) is 4.77. The van der Waals surface area contributed by atoms with Crippen molar-refractivity contribution in [3.63, 3.8) is 0 Å². The molecule has 0 radical (unpaired) electrons. The highest BCUT2D eigenvalue weighted by Gasteiger charge is 2.22. The molecule has 4 rings (SSSR count). The van der Waals surface area contributed by atoms with E-state index in [1.807, 2.05) is 32.3 Å². The van der Waals surface area contributed by atoms with E-state index in [4.69, 9.17) is 21.6 Å². The number of anilines is 2. The summed E-state index contributed by atoms with van der Waals surface area (Å²) in [5, 5.41) is 8.27. The molecule has 1 aliphatic rings. The van der Waals surface area contributed by atoms with Crippen LogP contribution in [0.1, 0.15) is 30.6 Å². The fourth-order valence-electron chi connectivity index (χ4n) is 4.01. The largest absolute Gasteiger partial charge is 0.362 e. The summed E-state index contributed by atoms with van der Waals surface area (Å²) < 4.78 is 0.863. The minimum absolute atomic E-state index is 0.443. The van der Waals surface area contributed by atoms with Crippen molar-refractivity contribution >= 4 is 45.6 Å². The smallest absolute Gasteiger partial charge is 0.225 e. The third-order valence-corrected chi connectivity index (χ3v) is 6.78. The topological polar surface area (TPSA) is 53.1 Å². The molecular weight excluding hydrogens is 402 g/mol. The third kappa shape index (κ3) is 5.18. The van der Waals surface area contributed by atoms with Gasteiger partial charge in [0.2, 0.25) is 5.95 Å². The van der Waals surface area contributed by atoms with E-state index in [0.717, 1.165) is 58.9 Å². The standard InChI is InChI=1S/C22H28ClN5S/c1-28(2)21-18-5-3-4-6-19(18)26-22(27-21)25-16-9-7-15(8-10-16)13-24-14-17-11-12-20(23)29-17/h3-6,11-12,15-16,24H,7-10,13-14H2,1-2H3,(H,25,26,27). The van der Waals surface area contributed by atoms with E-state index in [9.17, 15) is 0 Å². The predicted molar refractivity (Wildman–Crippen MR) is 124 cm³/mol. The molecule has 2 N–H and O–H groups in total. The van der Waals surface area contributed by atoms with Gasteiger partial charge in [0.05, 0.1) is 9.85 Å². The maximum atomic E-state index is 6.00. The zero-order valence-corrected chi connectivity index (χ0v) is 18.6. The minimum atomic E-state index is 0.443. The lowest BCUT2D eigenvalue weighted by Crippen LogP contribution is -2.31. The first-order chi connectivity index (χ1) is 14.1. The normalized spacial score (nSPS) is 19.4. The van der Waals surface area contributed by atoms with Crippen LogP contribution in [0.15, 0.2) is 36.4 Å². The summed E-state index contributed by atoms with van der Waals surface area (Å²) >= 11 is 7.66. The summed E-state index contributed by atoms with van der Waals surface area (Å²) in [7, 11) is 4.06. The Morgan fingerprint density at radius 2 is 1.86 bits per heavy atom. The van der Waals surface area contributed by atoms with Gasteiger partial charge in [-0.2, -0.15) is 4.98 Å². The molecule has 1 fully saturated rings. The Bertz CT molecular complexity index is 949. The molecule has 154 valence electrons. The zero-order valence-electron chi connectivity index (χ0n) is 17.0. The average molecular weight is 430 g/mol. The Labute approximate surface area is 181 Å². The van der Waals surface area contributed by atoms with Crippen molar-refractivity contribution in [2.45, 2.75) is 38.3 Å². The van der Waals surface area contributed by atoms with Gasteiger partial charge in [0.25, 0.3) is 0 Å². The van der Waals surface area contributed by atoms with Crippen molar-refractivity contribution < 1.29 is 0 Å². The minimum Gasteiger partial charge on any atom is -0.362 e. The summed E-state index contributed by atoms with van der Waals surface area (Å²) in [5.74, 6) is 2.44. The number of fused-ring (bicyclic) bond motifs is 1. The fourth-order valence-corrected chi connectivity index (χ4v) is 5.06. The van der Waals surface area contributed by atoms with E-state index in [1.165, 1.54) is 17.7 Å². The van der Waals surface area contributed by atoms with E-state index in [0.29, 0.717) is 6.04 Å². The van der Waals surface area contributed by atoms with Gasteiger partial charge in [-0.05, 0) is 62.4 Å². The van der Waals surface area contributed by atoms with Crippen LogP contribution in [0, 0.1) is 5.92 Å². The highest BCUT2D eigenvalue weighted by atomic mass is 35.5. The summed E-state index contributed by atoms with van der Waals surface area (Å²) in [6, 6.07) is 12.7. The lowest BCUT2D eigenvalue weighted by atomic mass is 9.86. The number of para-hydroxylation sites is 1. The molecule has 3 aromatic rings. The van der Waals surface area contributed by atoms with Gasteiger partial charge in [-0.15, -0.1) is 11.3 Å². The highest BCUT2D eigenvalue weighted by molar-refractivity contribution is 7.16. The Kier molecular flexibility index (Phi) is 6.53. The molecule has 1 aromatic carbocycles. The molecule has 0 bridgehead atoms. The van der Waals surface area contributed by atoms with Crippen molar-refractivity contribution in [3.05, 3.63) is 45.6 Å². The number of thiophene rings is 1. The zero-order chi connectivity index (χ0) is 20.2. The summed E-state index contributed by atoms with van der Waals surface area (Å²) in [5.41, 5.74) is 0.986. The van der Waals surface area contributed by atoms with Gasteiger partial charge in [-0.3, -0.25) is 0 Å². The van der Waals surface area contributed by atoms with Crippen molar-refractivity contribution in [2.75, 3.05) is 30.9 Å². The van der Waals surface area contributed by atoms with Crippen LogP contribution in [0.2, 0.25) is 4.34 Å². The Morgan fingerprint density at radius 3 is 2.59 bits per heavy atom. The van der Waals surface area contributed by atoms with Gasteiger partial charge in [0.1, 0.15) is 5.82 Å². The molecular formula is C22H28ClN5S. The van der Waals surface area contributed by atoms with Gasteiger partial charge in [-0.1, -0.05) is 23.7 Å². The molecule has 2 heterocycles. The van der Waals surface area contributed by atoms with E-state index < -0.39 is 0 Å². The number of aromatic nitrogens is 2. The van der Waals surface area contributed by atoms with Crippen LogP contribution in [0.5, 0.6) is 0 Å². The number of hydrogen-bond donors (Lipinski definition) is 2. The first kappa shape index (κ1) is 20.4. The predicted octanol–water partition coefficient (Wildman–Crippen LogP) is 5.17. The van der Waals surface area contributed by atoms with Crippen LogP contribution in [0.25, 0.3) is 10.9 Å². The van der Waals surface area contributed by atoms with Crippen molar-refractivity contribution in [2.24, 2.45) is 5.92 Å². The molecule has 1 saturated carbocycles. The van der Waals surface area contributed by atoms with Crippen molar-refractivity contribution in [1.82, 2.24) is 15.3 Å². The molecule has 0 atom stereocenters. The molecule has 0 aliphatic heterocycles. The SMILES string of the molecule is CN(C)c1nc(NC2CCC(CNCc3ccc(Cl)s3)CC2)nc2ccccc12. The first-order valence-electron chi connectivity index (χ1n) is 10.2. The lowest BCUT2D eigenvalue weighted by molar-refractivity contribution is 0.324. The number of halogens is 1. The Balaban J connectivity index is 1.30. The first-order valence-corrected chi connectivity index (χ1v) is 11.4. The maximum Gasteiger partial charge on any atom is 0.225 e. The van der Waals surface area contributed by atoms with E-state index >= 15 is 0 Å². The van der Waals surface area contributed by atoms with Crippen LogP contribution in [-0.2, 0) is 6.54 Å². The molecule has 1 aliphatic carbocycles. The monoisotopic (exact) mass is 429 g/mol. The molecule has 5 nitrogen and oxygen atoms in total.